The Morgan fingerprint density at radius 3 is 2.43 bits per heavy atom. The summed E-state index contributed by atoms with van der Waals surface area (Å²) >= 11 is 0. The second-order valence-corrected chi connectivity index (χ2v) is 3.54. The van der Waals surface area contributed by atoms with Crippen molar-refractivity contribution < 1.29 is 0 Å². The van der Waals surface area contributed by atoms with Crippen LogP contribution in [0.2, 0.25) is 0 Å². The first-order valence-corrected chi connectivity index (χ1v) is 4.89. The van der Waals surface area contributed by atoms with Gasteiger partial charge in [0.15, 0.2) is 0 Å². The molecule has 2 aromatic carbocycles. The van der Waals surface area contributed by atoms with Crippen molar-refractivity contribution in [2.75, 3.05) is 7.05 Å². The van der Waals surface area contributed by atoms with Crippen LogP contribution in [0.1, 0.15) is 18.5 Å². The van der Waals surface area contributed by atoms with E-state index in [0.29, 0.717) is 6.04 Å². The van der Waals surface area contributed by atoms with Gasteiger partial charge in [-0.3, -0.25) is 0 Å². The van der Waals surface area contributed by atoms with E-state index in [1.54, 1.807) is 0 Å². The lowest BCUT2D eigenvalue weighted by molar-refractivity contribution is 0.918. The van der Waals surface area contributed by atoms with E-state index in [0.717, 1.165) is 0 Å². The van der Waals surface area contributed by atoms with Crippen molar-refractivity contribution in [1.29, 1.82) is 0 Å². The number of hydrogen-bond acceptors (Lipinski definition) is 0. The minimum atomic E-state index is 0.291. The molecule has 1 heteroatoms. The van der Waals surface area contributed by atoms with Crippen LogP contribution >= 0.6 is 0 Å². The summed E-state index contributed by atoms with van der Waals surface area (Å²) in [4.78, 5) is 0. The second kappa shape index (κ2) is 3.81. The molecule has 1 nitrogen and oxygen atoms in total. The van der Waals surface area contributed by atoms with Crippen LogP contribution in [-0.4, -0.2) is 7.05 Å². The fourth-order valence-electron chi connectivity index (χ4n) is 1.62. The molecule has 2 aromatic rings. The van der Waals surface area contributed by atoms with Gasteiger partial charge in [-0.25, -0.2) is 0 Å². The van der Waals surface area contributed by atoms with Gasteiger partial charge in [0, 0.05) is 0 Å². The molecule has 0 unspecified atom stereocenters. The zero-order chi connectivity index (χ0) is 9.97. The Morgan fingerprint density at radius 2 is 1.71 bits per heavy atom. The summed E-state index contributed by atoms with van der Waals surface area (Å²) in [6.07, 6.45) is 0. The molecule has 0 aliphatic rings. The van der Waals surface area contributed by atoms with Crippen LogP contribution in [0.25, 0.3) is 16.1 Å². The lowest BCUT2D eigenvalue weighted by Gasteiger charge is -2.23. The summed E-state index contributed by atoms with van der Waals surface area (Å²) in [5.41, 5.74) is 1.28. The maximum absolute atomic E-state index is 4.27. The van der Waals surface area contributed by atoms with Gasteiger partial charge in [0.05, 0.1) is 0 Å². The molecular formula is C13H14N-. The highest BCUT2D eigenvalue weighted by Gasteiger charge is 1.96. The van der Waals surface area contributed by atoms with Crippen LogP contribution in [0.5, 0.6) is 0 Å². The van der Waals surface area contributed by atoms with Crippen molar-refractivity contribution in [3.8, 4) is 0 Å². The van der Waals surface area contributed by atoms with Gasteiger partial charge in [-0.05, 0) is 10.8 Å². The Morgan fingerprint density at radius 1 is 1.00 bits per heavy atom. The topological polar surface area (TPSA) is 14.1 Å². The highest BCUT2D eigenvalue weighted by molar-refractivity contribution is 5.83. The van der Waals surface area contributed by atoms with E-state index in [-0.39, 0.29) is 0 Å². The van der Waals surface area contributed by atoms with E-state index in [1.807, 2.05) is 7.05 Å². The summed E-state index contributed by atoms with van der Waals surface area (Å²) in [7, 11) is 1.86. The molecule has 0 aliphatic heterocycles. The Balaban J connectivity index is 2.51. The normalized spacial score (nSPS) is 13.0. The van der Waals surface area contributed by atoms with Gasteiger partial charge in [0.2, 0.25) is 0 Å². The number of fused-ring (bicyclic) bond motifs is 1. The molecule has 0 radical (unpaired) electrons. The SMILES string of the molecule is C[N-][C@H](C)c1ccc2ccccc2c1. The van der Waals surface area contributed by atoms with Gasteiger partial charge < -0.3 is 5.32 Å². The predicted molar refractivity (Wildman–Crippen MR) is 61.6 cm³/mol. The molecule has 0 heterocycles. The quantitative estimate of drug-likeness (QED) is 0.672. The third kappa shape index (κ3) is 1.64. The lowest BCUT2D eigenvalue weighted by atomic mass is 10.0. The minimum absolute atomic E-state index is 0.291. The van der Waals surface area contributed by atoms with E-state index in [2.05, 4.69) is 54.7 Å². The molecule has 0 N–H and O–H groups in total. The third-order valence-electron chi connectivity index (χ3n) is 2.64. The summed E-state index contributed by atoms with van der Waals surface area (Å²) < 4.78 is 0. The summed E-state index contributed by atoms with van der Waals surface area (Å²) in [6, 6.07) is 15.2. The van der Waals surface area contributed by atoms with Gasteiger partial charge in [0.1, 0.15) is 0 Å². The Labute approximate surface area is 84.8 Å². The third-order valence-corrected chi connectivity index (χ3v) is 2.64. The standard InChI is InChI=1S/C13H14N/c1-10(14-2)12-8-7-11-5-3-4-6-13(11)9-12/h3-10H,1-2H3/q-1/t10-/m1/s1. The van der Waals surface area contributed by atoms with Crippen molar-refractivity contribution in [3.63, 3.8) is 0 Å². The molecule has 0 saturated carbocycles. The number of hydrogen-bond donors (Lipinski definition) is 0. The second-order valence-electron chi connectivity index (χ2n) is 3.54. The number of benzene rings is 2. The van der Waals surface area contributed by atoms with Crippen LogP contribution in [0, 0.1) is 0 Å². The van der Waals surface area contributed by atoms with Crippen LogP contribution in [-0.2, 0) is 0 Å². The molecule has 0 saturated heterocycles. The molecule has 0 amide bonds. The fourth-order valence-corrected chi connectivity index (χ4v) is 1.62. The van der Waals surface area contributed by atoms with Gasteiger partial charge in [-0.2, -0.15) is 7.05 Å². The predicted octanol–water partition coefficient (Wildman–Crippen LogP) is 3.90. The molecule has 0 fully saturated rings. The van der Waals surface area contributed by atoms with E-state index >= 15 is 0 Å². The molecule has 0 spiro atoms. The zero-order valence-electron chi connectivity index (χ0n) is 8.57. The first-order valence-electron chi connectivity index (χ1n) is 4.89. The maximum Gasteiger partial charge on any atom is -0.0182 e. The highest BCUT2D eigenvalue weighted by atomic mass is 14.8. The number of nitrogens with zero attached hydrogens (tertiary/aromatic N) is 1. The molecule has 14 heavy (non-hydrogen) atoms. The Bertz CT molecular complexity index is 434. The van der Waals surface area contributed by atoms with Crippen molar-refractivity contribution in [2.24, 2.45) is 0 Å². The van der Waals surface area contributed by atoms with E-state index in [1.165, 1.54) is 16.3 Å². The van der Waals surface area contributed by atoms with Gasteiger partial charge in [-0.15, -0.1) is 6.04 Å². The van der Waals surface area contributed by atoms with Crippen molar-refractivity contribution in [1.82, 2.24) is 0 Å². The van der Waals surface area contributed by atoms with Crippen molar-refractivity contribution in [3.05, 3.63) is 53.3 Å². The Kier molecular flexibility index (Phi) is 2.51. The minimum Gasteiger partial charge on any atom is -0.659 e. The molecular weight excluding hydrogens is 170 g/mol. The van der Waals surface area contributed by atoms with E-state index < -0.39 is 0 Å². The molecule has 1 atom stereocenters. The molecule has 0 aliphatic carbocycles. The maximum atomic E-state index is 4.27. The van der Waals surface area contributed by atoms with E-state index in [4.69, 9.17) is 0 Å². The molecule has 0 aromatic heterocycles. The monoisotopic (exact) mass is 184 g/mol. The van der Waals surface area contributed by atoms with Gasteiger partial charge in [-0.1, -0.05) is 55.0 Å². The fraction of sp³-hybridized carbons (Fsp3) is 0.231. The Hall–Kier alpha value is -1.34. The van der Waals surface area contributed by atoms with Crippen LogP contribution in [0.15, 0.2) is 42.5 Å². The van der Waals surface area contributed by atoms with Crippen LogP contribution < -0.4 is 0 Å². The van der Waals surface area contributed by atoms with Gasteiger partial charge in [0.25, 0.3) is 0 Å². The molecule has 2 rings (SSSR count). The first kappa shape index (κ1) is 9.22. The first-order chi connectivity index (χ1) is 6.81. The summed E-state index contributed by atoms with van der Waals surface area (Å²) in [5.74, 6) is 0. The highest BCUT2D eigenvalue weighted by Crippen LogP contribution is 2.23. The van der Waals surface area contributed by atoms with Crippen molar-refractivity contribution >= 4 is 10.8 Å². The smallest absolute Gasteiger partial charge is 0.0182 e. The number of rotatable bonds is 2. The van der Waals surface area contributed by atoms with Gasteiger partial charge >= 0.3 is 0 Å². The molecule has 72 valence electrons. The zero-order valence-corrected chi connectivity index (χ0v) is 8.57. The summed E-state index contributed by atoms with van der Waals surface area (Å²) in [5, 5.41) is 6.85. The summed E-state index contributed by atoms with van der Waals surface area (Å²) in [6.45, 7) is 2.12. The average Bonchev–Trinajstić information content (AvgIpc) is 2.27. The van der Waals surface area contributed by atoms with E-state index in [9.17, 15) is 0 Å². The van der Waals surface area contributed by atoms with Crippen LogP contribution in [0.4, 0.5) is 0 Å². The largest absolute Gasteiger partial charge is 0.659 e. The van der Waals surface area contributed by atoms with Crippen molar-refractivity contribution in [2.45, 2.75) is 13.0 Å². The average molecular weight is 184 g/mol. The molecule has 0 bridgehead atoms. The lowest BCUT2D eigenvalue weighted by Crippen LogP contribution is -1.89. The van der Waals surface area contributed by atoms with Crippen LogP contribution in [0.3, 0.4) is 0 Å².